The SMILES string of the molecule is C/C(CC(=O)Nc1ccc(Nc2ccccc2)cc1)=N/NC(=O)COc1cccc2ccccc12. The van der Waals surface area contributed by atoms with Crippen LogP contribution in [0.3, 0.4) is 0 Å². The number of benzene rings is 4. The lowest BCUT2D eigenvalue weighted by Gasteiger charge is -2.09. The second-order valence-electron chi connectivity index (χ2n) is 7.94. The summed E-state index contributed by atoms with van der Waals surface area (Å²) in [5, 5.41) is 12.1. The second-order valence-corrected chi connectivity index (χ2v) is 7.94. The Balaban J connectivity index is 1.22. The second kappa shape index (κ2) is 11.5. The molecule has 0 unspecified atom stereocenters. The summed E-state index contributed by atoms with van der Waals surface area (Å²) < 4.78 is 5.65. The number of para-hydroxylation sites is 1. The van der Waals surface area contributed by atoms with Gasteiger partial charge < -0.3 is 15.4 Å². The molecular formula is C28H26N4O3. The van der Waals surface area contributed by atoms with Crippen LogP contribution in [0.2, 0.25) is 0 Å². The van der Waals surface area contributed by atoms with Crippen molar-refractivity contribution in [3.63, 3.8) is 0 Å². The molecule has 0 heterocycles. The molecule has 0 atom stereocenters. The highest BCUT2D eigenvalue weighted by molar-refractivity contribution is 6.05. The number of ether oxygens (including phenoxy) is 1. The molecule has 0 spiro atoms. The first-order valence-electron chi connectivity index (χ1n) is 11.2. The van der Waals surface area contributed by atoms with E-state index in [-0.39, 0.29) is 18.9 Å². The van der Waals surface area contributed by atoms with Gasteiger partial charge in [-0.1, -0.05) is 54.6 Å². The van der Waals surface area contributed by atoms with Gasteiger partial charge in [-0.15, -0.1) is 0 Å². The molecule has 0 radical (unpaired) electrons. The molecule has 7 nitrogen and oxygen atoms in total. The first-order chi connectivity index (χ1) is 17.1. The van der Waals surface area contributed by atoms with Crippen molar-refractivity contribution in [1.82, 2.24) is 5.43 Å². The Morgan fingerprint density at radius 3 is 2.20 bits per heavy atom. The molecule has 176 valence electrons. The third-order valence-electron chi connectivity index (χ3n) is 5.13. The molecule has 4 rings (SSSR count). The third kappa shape index (κ3) is 6.91. The number of hydrazone groups is 1. The molecule has 0 aromatic heterocycles. The van der Waals surface area contributed by atoms with Gasteiger partial charge in [0, 0.05) is 28.2 Å². The van der Waals surface area contributed by atoms with E-state index in [1.165, 1.54) is 0 Å². The van der Waals surface area contributed by atoms with Crippen molar-refractivity contribution in [2.24, 2.45) is 5.10 Å². The Bertz CT molecular complexity index is 1330. The maximum Gasteiger partial charge on any atom is 0.277 e. The van der Waals surface area contributed by atoms with Crippen molar-refractivity contribution < 1.29 is 14.3 Å². The summed E-state index contributed by atoms with van der Waals surface area (Å²) in [5.74, 6) is -0.00112. The topological polar surface area (TPSA) is 91.8 Å². The van der Waals surface area contributed by atoms with Crippen molar-refractivity contribution in [3.05, 3.63) is 97.1 Å². The smallest absolute Gasteiger partial charge is 0.277 e. The monoisotopic (exact) mass is 466 g/mol. The van der Waals surface area contributed by atoms with Gasteiger partial charge in [-0.05, 0) is 54.8 Å². The van der Waals surface area contributed by atoms with Crippen LogP contribution in [-0.2, 0) is 9.59 Å². The van der Waals surface area contributed by atoms with Gasteiger partial charge >= 0.3 is 0 Å². The molecule has 3 N–H and O–H groups in total. The van der Waals surface area contributed by atoms with Gasteiger partial charge in [0.05, 0.1) is 6.42 Å². The lowest BCUT2D eigenvalue weighted by molar-refractivity contribution is -0.123. The number of hydrogen-bond acceptors (Lipinski definition) is 5. The minimum atomic E-state index is -0.404. The number of amides is 2. The van der Waals surface area contributed by atoms with Gasteiger partial charge in [-0.2, -0.15) is 5.10 Å². The Morgan fingerprint density at radius 1 is 0.743 bits per heavy atom. The largest absolute Gasteiger partial charge is 0.483 e. The summed E-state index contributed by atoms with van der Waals surface area (Å²) in [6.07, 6.45) is 0.0501. The van der Waals surface area contributed by atoms with Crippen LogP contribution in [0, 0.1) is 0 Å². The molecule has 2 amide bonds. The van der Waals surface area contributed by atoms with Crippen LogP contribution in [0.5, 0.6) is 5.75 Å². The minimum Gasteiger partial charge on any atom is -0.483 e. The van der Waals surface area contributed by atoms with E-state index in [4.69, 9.17) is 4.74 Å². The molecule has 0 saturated heterocycles. The van der Waals surface area contributed by atoms with Gasteiger partial charge in [0.25, 0.3) is 5.91 Å². The molecule has 0 fully saturated rings. The van der Waals surface area contributed by atoms with E-state index in [1.54, 1.807) is 6.92 Å². The van der Waals surface area contributed by atoms with Crippen molar-refractivity contribution in [1.29, 1.82) is 0 Å². The third-order valence-corrected chi connectivity index (χ3v) is 5.13. The summed E-state index contributed by atoms with van der Waals surface area (Å²) in [6, 6.07) is 30.7. The highest BCUT2D eigenvalue weighted by atomic mass is 16.5. The van der Waals surface area contributed by atoms with Crippen LogP contribution >= 0.6 is 0 Å². The Hall–Kier alpha value is -4.65. The van der Waals surface area contributed by atoms with E-state index >= 15 is 0 Å². The summed E-state index contributed by atoms with van der Waals surface area (Å²) in [6.45, 7) is 1.50. The number of fused-ring (bicyclic) bond motifs is 1. The Kier molecular flexibility index (Phi) is 7.70. The first kappa shape index (κ1) is 23.5. The van der Waals surface area contributed by atoms with Crippen LogP contribution in [-0.4, -0.2) is 24.1 Å². The number of carbonyl (C=O) groups is 2. The van der Waals surface area contributed by atoms with Crippen molar-refractivity contribution in [2.45, 2.75) is 13.3 Å². The van der Waals surface area contributed by atoms with Crippen molar-refractivity contribution in [3.8, 4) is 5.75 Å². The van der Waals surface area contributed by atoms with Gasteiger partial charge in [0.15, 0.2) is 6.61 Å². The zero-order valence-electron chi connectivity index (χ0n) is 19.3. The van der Waals surface area contributed by atoms with E-state index in [2.05, 4.69) is 21.2 Å². The van der Waals surface area contributed by atoms with Crippen molar-refractivity contribution >= 4 is 45.4 Å². The molecule has 0 bridgehead atoms. The number of hydrogen-bond donors (Lipinski definition) is 3. The zero-order chi connectivity index (χ0) is 24.5. The Morgan fingerprint density at radius 2 is 1.40 bits per heavy atom. The van der Waals surface area contributed by atoms with E-state index < -0.39 is 5.91 Å². The maximum atomic E-state index is 12.3. The van der Waals surface area contributed by atoms with Crippen LogP contribution in [0.1, 0.15) is 13.3 Å². The first-order valence-corrected chi connectivity index (χ1v) is 11.2. The molecular weight excluding hydrogens is 440 g/mol. The van der Waals surface area contributed by atoms with Crippen LogP contribution in [0.4, 0.5) is 17.1 Å². The minimum absolute atomic E-state index is 0.0501. The maximum absolute atomic E-state index is 12.3. The predicted molar refractivity (Wildman–Crippen MR) is 140 cm³/mol. The van der Waals surface area contributed by atoms with Crippen molar-refractivity contribution in [2.75, 3.05) is 17.2 Å². The summed E-state index contributed by atoms with van der Waals surface area (Å²) in [4.78, 5) is 24.5. The number of carbonyl (C=O) groups excluding carboxylic acids is 2. The highest BCUT2D eigenvalue weighted by Crippen LogP contribution is 2.25. The summed E-state index contributed by atoms with van der Waals surface area (Å²) in [5.41, 5.74) is 5.49. The molecule has 4 aromatic rings. The molecule has 0 aliphatic heterocycles. The van der Waals surface area contributed by atoms with Crippen LogP contribution < -0.4 is 20.8 Å². The van der Waals surface area contributed by atoms with Crippen LogP contribution in [0.15, 0.2) is 102 Å². The van der Waals surface area contributed by atoms with E-state index in [0.29, 0.717) is 17.1 Å². The molecule has 4 aromatic carbocycles. The van der Waals surface area contributed by atoms with Gasteiger partial charge in [0.1, 0.15) is 5.75 Å². The van der Waals surface area contributed by atoms with Crippen LogP contribution in [0.25, 0.3) is 10.8 Å². The fraction of sp³-hybridized carbons (Fsp3) is 0.107. The molecule has 7 heteroatoms. The zero-order valence-corrected chi connectivity index (χ0v) is 19.3. The fourth-order valence-corrected chi connectivity index (χ4v) is 3.46. The standard InChI is InChI=1S/C28H26N4O3/c1-20(31-32-28(34)19-35-26-13-7-9-21-8-5-6-12-25(21)26)18-27(33)30-24-16-14-23(15-17-24)29-22-10-3-2-4-11-22/h2-17,29H,18-19H2,1H3,(H,30,33)(H,32,34)/b31-20-. The average molecular weight is 467 g/mol. The summed E-state index contributed by atoms with van der Waals surface area (Å²) in [7, 11) is 0. The number of nitrogens with zero attached hydrogens (tertiary/aromatic N) is 1. The summed E-state index contributed by atoms with van der Waals surface area (Å²) >= 11 is 0. The molecule has 35 heavy (non-hydrogen) atoms. The molecule has 0 aliphatic rings. The van der Waals surface area contributed by atoms with E-state index in [9.17, 15) is 9.59 Å². The molecule has 0 saturated carbocycles. The fourth-order valence-electron chi connectivity index (χ4n) is 3.46. The quantitative estimate of drug-likeness (QED) is 0.225. The van der Waals surface area contributed by atoms with E-state index in [0.717, 1.165) is 22.1 Å². The van der Waals surface area contributed by atoms with E-state index in [1.807, 2.05) is 97.1 Å². The highest BCUT2D eigenvalue weighted by Gasteiger charge is 2.08. The normalized spacial score (nSPS) is 11.1. The lowest BCUT2D eigenvalue weighted by Crippen LogP contribution is -2.26. The lowest BCUT2D eigenvalue weighted by atomic mass is 10.1. The number of rotatable bonds is 9. The van der Waals surface area contributed by atoms with Gasteiger partial charge in [-0.3, -0.25) is 9.59 Å². The number of anilines is 3. The molecule has 0 aliphatic carbocycles. The Labute approximate surface area is 203 Å². The number of nitrogens with one attached hydrogen (secondary N) is 3. The predicted octanol–water partition coefficient (Wildman–Crippen LogP) is 5.48. The average Bonchev–Trinajstić information content (AvgIpc) is 2.88. The van der Waals surface area contributed by atoms with Gasteiger partial charge in [0.2, 0.25) is 5.91 Å². The van der Waals surface area contributed by atoms with Gasteiger partial charge in [-0.25, -0.2) is 5.43 Å².